The number of rotatable bonds is 4. The van der Waals surface area contributed by atoms with E-state index in [0.29, 0.717) is 24.2 Å². The van der Waals surface area contributed by atoms with Gasteiger partial charge in [0, 0.05) is 19.1 Å². The Morgan fingerprint density at radius 1 is 1.21 bits per heavy atom. The second-order valence-electron chi connectivity index (χ2n) is 6.27. The molecule has 1 aliphatic carbocycles. The number of aryl methyl sites for hydroxylation is 1. The van der Waals surface area contributed by atoms with Gasteiger partial charge in [0.2, 0.25) is 10.0 Å². The zero-order valence-corrected chi connectivity index (χ0v) is 13.8. The number of nitrogens with zero attached hydrogens (tertiary/aromatic N) is 1. The Bertz CT molecular complexity index is 744. The maximum Gasteiger partial charge on any atom is 0.401 e. The largest absolute Gasteiger partial charge is 0.401 e. The fourth-order valence-electron chi connectivity index (χ4n) is 3.24. The number of hydrogen-bond acceptors (Lipinski definition) is 3. The van der Waals surface area contributed by atoms with E-state index < -0.39 is 28.8 Å². The van der Waals surface area contributed by atoms with Crippen LogP contribution in [0.2, 0.25) is 0 Å². The van der Waals surface area contributed by atoms with Crippen LogP contribution in [0.1, 0.15) is 24.0 Å². The summed E-state index contributed by atoms with van der Waals surface area (Å²) in [6.45, 7) is -0.668. The van der Waals surface area contributed by atoms with Crippen LogP contribution >= 0.6 is 0 Å². The Morgan fingerprint density at radius 2 is 1.96 bits per heavy atom. The fraction of sp³-hybridized carbons (Fsp3) is 0.500. The predicted molar refractivity (Wildman–Crippen MR) is 85.7 cm³/mol. The van der Waals surface area contributed by atoms with E-state index in [4.69, 9.17) is 0 Å². The molecule has 24 heavy (non-hydrogen) atoms. The third kappa shape index (κ3) is 4.17. The van der Waals surface area contributed by atoms with Gasteiger partial charge in [0.25, 0.3) is 0 Å². The molecule has 1 aliphatic heterocycles. The van der Waals surface area contributed by atoms with Crippen LogP contribution in [-0.4, -0.2) is 45.2 Å². The molecule has 3 rings (SSSR count). The van der Waals surface area contributed by atoms with Gasteiger partial charge < -0.3 is 0 Å². The second-order valence-corrected chi connectivity index (χ2v) is 8.03. The molecular weight excluding hydrogens is 341 g/mol. The van der Waals surface area contributed by atoms with E-state index in [2.05, 4.69) is 4.72 Å². The first-order valence-electron chi connectivity index (χ1n) is 7.83. The van der Waals surface area contributed by atoms with Gasteiger partial charge in [0.1, 0.15) is 0 Å². The van der Waals surface area contributed by atoms with Crippen LogP contribution in [-0.2, 0) is 16.4 Å². The van der Waals surface area contributed by atoms with Gasteiger partial charge in [-0.25, -0.2) is 13.1 Å². The average molecular weight is 360 g/mol. The number of hydrogen-bond donors (Lipinski definition) is 1. The van der Waals surface area contributed by atoms with Crippen molar-refractivity contribution in [3.8, 4) is 0 Å². The third-order valence-electron chi connectivity index (χ3n) is 4.35. The Morgan fingerprint density at radius 3 is 2.71 bits per heavy atom. The first-order valence-corrected chi connectivity index (χ1v) is 9.31. The summed E-state index contributed by atoms with van der Waals surface area (Å²) in [4.78, 5) is 1.54. The van der Waals surface area contributed by atoms with Crippen LogP contribution in [0.3, 0.4) is 0 Å². The van der Waals surface area contributed by atoms with E-state index >= 15 is 0 Å². The van der Waals surface area contributed by atoms with Gasteiger partial charge in [0.15, 0.2) is 0 Å². The summed E-state index contributed by atoms with van der Waals surface area (Å²) in [6, 6.07) is 7.12. The summed E-state index contributed by atoms with van der Waals surface area (Å²) in [5, 5.41) is 0. The minimum absolute atomic E-state index is 0.0859. The number of alkyl halides is 3. The summed E-state index contributed by atoms with van der Waals surface area (Å²) in [5.74, 6) is 0. The molecule has 0 spiro atoms. The summed E-state index contributed by atoms with van der Waals surface area (Å²) >= 11 is 0. The molecule has 1 atom stereocenters. The molecule has 0 radical (unpaired) electrons. The molecule has 132 valence electrons. The Labute approximate surface area is 139 Å². The van der Waals surface area contributed by atoms with Crippen LogP contribution in [0.5, 0.6) is 0 Å². The minimum atomic E-state index is -4.26. The fourth-order valence-corrected chi connectivity index (χ4v) is 4.67. The number of benzene rings is 1. The molecule has 0 amide bonds. The van der Waals surface area contributed by atoms with Gasteiger partial charge >= 0.3 is 6.18 Å². The minimum Gasteiger partial charge on any atom is -0.293 e. The number of sulfonamides is 1. The van der Waals surface area contributed by atoms with Crippen molar-refractivity contribution >= 4 is 16.1 Å². The van der Waals surface area contributed by atoms with Gasteiger partial charge in [-0.1, -0.05) is 24.3 Å². The van der Waals surface area contributed by atoms with Crippen molar-refractivity contribution in [2.24, 2.45) is 0 Å². The Hall–Kier alpha value is -1.38. The SMILES string of the molecule is O=S(=O)(NC1CCN(CC(F)(F)F)C1)C1=Cc2ccccc2CC1. The molecule has 2 aliphatic rings. The normalized spacial score (nSPS) is 22.3. The summed E-state index contributed by atoms with van der Waals surface area (Å²) in [6.07, 6.45) is -1.16. The van der Waals surface area contributed by atoms with Gasteiger partial charge in [-0.05, 0) is 36.5 Å². The molecule has 1 fully saturated rings. The standard InChI is InChI=1S/C16H19F3N2O2S/c17-16(18,19)11-21-8-7-14(10-21)20-24(22,23)15-6-5-12-3-1-2-4-13(12)9-15/h1-4,9,14,20H,5-8,10-11H2. The van der Waals surface area contributed by atoms with Crippen molar-refractivity contribution in [2.75, 3.05) is 19.6 Å². The van der Waals surface area contributed by atoms with Crippen molar-refractivity contribution in [1.82, 2.24) is 9.62 Å². The molecule has 1 heterocycles. The third-order valence-corrected chi connectivity index (χ3v) is 6.01. The summed E-state index contributed by atoms with van der Waals surface area (Å²) in [7, 11) is -3.67. The van der Waals surface area contributed by atoms with Crippen molar-refractivity contribution in [2.45, 2.75) is 31.5 Å². The monoisotopic (exact) mass is 360 g/mol. The van der Waals surface area contributed by atoms with E-state index in [1.165, 1.54) is 4.90 Å². The van der Waals surface area contributed by atoms with Gasteiger partial charge in [-0.2, -0.15) is 13.2 Å². The van der Waals surface area contributed by atoms with E-state index in [-0.39, 0.29) is 13.1 Å². The van der Waals surface area contributed by atoms with Crippen LogP contribution in [0, 0.1) is 0 Å². The lowest BCUT2D eigenvalue weighted by molar-refractivity contribution is -0.143. The lowest BCUT2D eigenvalue weighted by Gasteiger charge is -2.20. The van der Waals surface area contributed by atoms with Gasteiger partial charge in [-0.3, -0.25) is 4.90 Å². The highest BCUT2D eigenvalue weighted by atomic mass is 32.2. The van der Waals surface area contributed by atoms with E-state index in [1.54, 1.807) is 6.08 Å². The smallest absolute Gasteiger partial charge is 0.293 e. The first-order chi connectivity index (χ1) is 11.2. The molecule has 0 saturated carbocycles. The zero-order chi connectivity index (χ0) is 17.4. The van der Waals surface area contributed by atoms with Crippen LogP contribution in [0.4, 0.5) is 13.2 Å². The maximum atomic E-state index is 12.5. The van der Waals surface area contributed by atoms with Crippen LogP contribution < -0.4 is 4.72 Å². The van der Waals surface area contributed by atoms with Gasteiger partial charge in [0.05, 0.1) is 11.4 Å². The molecular formula is C16H19F3N2O2S. The first kappa shape index (κ1) is 17.4. The molecule has 8 heteroatoms. The highest BCUT2D eigenvalue weighted by Crippen LogP contribution is 2.27. The highest BCUT2D eigenvalue weighted by Gasteiger charge is 2.36. The van der Waals surface area contributed by atoms with E-state index in [0.717, 1.165) is 11.1 Å². The average Bonchev–Trinajstić information content (AvgIpc) is 2.91. The van der Waals surface area contributed by atoms with E-state index in [1.807, 2.05) is 24.3 Å². The molecule has 1 saturated heterocycles. The number of fused-ring (bicyclic) bond motifs is 1. The Kier molecular flexibility index (Phi) is 4.72. The summed E-state index contributed by atoms with van der Waals surface area (Å²) in [5.41, 5.74) is 1.99. The number of halogens is 3. The Balaban J connectivity index is 1.67. The predicted octanol–water partition coefficient (Wildman–Crippen LogP) is 2.53. The van der Waals surface area contributed by atoms with Crippen LogP contribution in [0.25, 0.3) is 6.08 Å². The topological polar surface area (TPSA) is 49.4 Å². The molecule has 0 aromatic heterocycles. The molecule has 4 nitrogen and oxygen atoms in total. The second kappa shape index (κ2) is 6.50. The molecule has 1 aromatic rings. The quantitative estimate of drug-likeness (QED) is 0.898. The van der Waals surface area contributed by atoms with Crippen LogP contribution in [0.15, 0.2) is 29.2 Å². The van der Waals surface area contributed by atoms with Gasteiger partial charge in [-0.15, -0.1) is 0 Å². The lowest BCUT2D eigenvalue weighted by Crippen LogP contribution is -2.39. The maximum absolute atomic E-state index is 12.5. The van der Waals surface area contributed by atoms with Crippen molar-refractivity contribution < 1.29 is 21.6 Å². The number of nitrogens with one attached hydrogen (secondary N) is 1. The van der Waals surface area contributed by atoms with Crippen molar-refractivity contribution in [1.29, 1.82) is 0 Å². The highest BCUT2D eigenvalue weighted by molar-refractivity contribution is 7.93. The van der Waals surface area contributed by atoms with Crippen molar-refractivity contribution in [3.05, 3.63) is 40.3 Å². The zero-order valence-electron chi connectivity index (χ0n) is 13.0. The lowest BCUT2D eigenvalue weighted by atomic mass is 9.98. The molecule has 0 bridgehead atoms. The molecule has 1 aromatic carbocycles. The summed E-state index contributed by atoms with van der Waals surface area (Å²) < 4.78 is 64.9. The van der Waals surface area contributed by atoms with E-state index in [9.17, 15) is 21.6 Å². The molecule has 1 unspecified atom stereocenters. The number of likely N-dealkylation sites (tertiary alicyclic amines) is 1. The number of allylic oxidation sites excluding steroid dienone is 1. The molecule has 1 N–H and O–H groups in total. The van der Waals surface area contributed by atoms with Crippen molar-refractivity contribution in [3.63, 3.8) is 0 Å².